The van der Waals surface area contributed by atoms with E-state index in [9.17, 15) is 13.9 Å². The van der Waals surface area contributed by atoms with Crippen molar-refractivity contribution in [3.63, 3.8) is 0 Å². The molecule has 3 aromatic rings. The van der Waals surface area contributed by atoms with Crippen LogP contribution in [0.5, 0.6) is 11.5 Å². The highest BCUT2D eigenvalue weighted by atomic mass is 19.1. The number of hydrogen-bond acceptors (Lipinski definition) is 6. The first-order valence-corrected chi connectivity index (χ1v) is 11.8. The summed E-state index contributed by atoms with van der Waals surface area (Å²) in [6, 6.07) is 18.6. The Bertz CT molecular complexity index is 1190. The standard InChI is InChI=1S/C28H30F2N2O4/c1-19-5-3-4-6-28(19)35-18-23(33)16-32(15-21-7-10-22(29)13-26(21)30)17-25-14-27(31-36-25)20-8-11-24(34-2)12-9-20/h3-13,23,25,33H,14-18H2,1-2H3/t23-,25-/m0/s1. The number of nitrogens with zero attached hydrogens (tertiary/aromatic N) is 2. The van der Waals surface area contributed by atoms with Crippen molar-refractivity contribution in [3.8, 4) is 11.5 Å². The molecule has 8 heteroatoms. The lowest BCUT2D eigenvalue weighted by Crippen LogP contribution is -2.40. The van der Waals surface area contributed by atoms with Crippen LogP contribution in [0.15, 0.2) is 71.9 Å². The monoisotopic (exact) mass is 496 g/mol. The summed E-state index contributed by atoms with van der Waals surface area (Å²) in [6.07, 6.45) is -0.559. The quantitative estimate of drug-likeness (QED) is 0.416. The van der Waals surface area contributed by atoms with Gasteiger partial charge in [0.1, 0.15) is 41.9 Å². The number of benzene rings is 3. The summed E-state index contributed by atoms with van der Waals surface area (Å²) in [5.41, 5.74) is 3.04. The van der Waals surface area contributed by atoms with Gasteiger partial charge in [-0.25, -0.2) is 8.78 Å². The van der Waals surface area contributed by atoms with Gasteiger partial charge in [0.05, 0.1) is 12.8 Å². The zero-order chi connectivity index (χ0) is 25.5. The van der Waals surface area contributed by atoms with Crippen molar-refractivity contribution >= 4 is 5.71 Å². The molecular formula is C28H30F2N2O4. The van der Waals surface area contributed by atoms with Crippen LogP contribution >= 0.6 is 0 Å². The molecule has 190 valence electrons. The highest BCUT2D eigenvalue weighted by Crippen LogP contribution is 2.22. The fraction of sp³-hybridized carbons (Fsp3) is 0.321. The molecule has 0 amide bonds. The summed E-state index contributed by atoms with van der Waals surface area (Å²) in [5.74, 6) is 0.188. The summed E-state index contributed by atoms with van der Waals surface area (Å²) in [5, 5.41) is 15.0. The van der Waals surface area contributed by atoms with Crippen LogP contribution in [0.4, 0.5) is 8.78 Å². The molecule has 0 aliphatic carbocycles. The lowest BCUT2D eigenvalue weighted by Gasteiger charge is -2.27. The van der Waals surface area contributed by atoms with E-state index in [1.807, 2.05) is 60.4 Å². The normalized spacial score (nSPS) is 15.9. The van der Waals surface area contributed by atoms with Gasteiger partial charge in [-0.3, -0.25) is 4.90 Å². The summed E-state index contributed by atoms with van der Waals surface area (Å²) >= 11 is 0. The topological polar surface area (TPSA) is 63.5 Å². The van der Waals surface area contributed by atoms with Gasteiger partial charge in [-0.05, 0) is 54.4 Å². The maximum absolute atomic E-state index is 14.4. The van der Waals surface area contributed by atoms with Crippen LogP contribution in [0.25, 0.3) is 0 Å². The Kier molecular flexibility index (Phi) is 8.51. The van der Waals surface area contributed by atoms with Crippen LogP contribution in [0.2, 0.25) is 0 Å². The van der Waals surface area contributed by atoms with Crippen LogP contribution in [-0.4, -0.2) is 54.7 Å². The summed E-state index contributed by atoms with van der Waals surface area (Å²) in [6.45, 7) is 2.78. The van der Waals surface area contributed by atoms with E-state index in [1.165, 1.54) is 12.1 Å². The number of aliphatic hydroxyl groups excluding tert-OH is 1. The molecule has 0 spiro atoms. The molecule has 36 heavy (non-hydrogen) atoms. The molecule has 0 radical (unpaired) electrons. The van der Waals surface area contributed by atoms with Crippen LogP contribution in [-0.2, 0) is 11.4 Å². The molecule has 0 saturated carbocycles. The summed E-state index contributed by atoms with van der Waals surface area (Å²) in [4.78, 5) is 7.54. The second-order valence-electron chi connectivity index (χ2n) is 8.86. The van der Waals surface area contributed by atoms with Crippen LogP contribution < -0.4 is 9.47 Å². The predicted molar refractivity (Wildman–Crippen MR) is 133 cm³/mol. The third-order valence-corrected chi connectivity index (χ3v) is 6.02. The number of hydrogen-bond donors (Lipinski definition) is 1. The van der Waals surface area contributed by atoms with Crippen molar-refractivity contribution in [1.29, 1.82) is 0 Å². The number of para-hydroxylation sites is 1. The van der Waals surface area contributed by atoms with E-state index in [4.69, 9.17) is 14.3 Å². The molecule has 3 aromatic carbocycles. The minimum atomic E-state index is -0.837. The molecule has 0 aromatic heterocycles. The number of aliphatic hydroxyl groups is 1. The Hall–Kier alpha value is -3.49. The minimum Gasteiger partial charge on any atom is -0.497 e. The molecule has 2 atom stereocenters. The van der Waals surface area contributed by atoms with Crippen molar-refractivity contribution in [2.75, 3.05) is 26.8 Å². The van der Waals surface area contributed by atoms with Gasteiger partial charge in [0.2, 0.25) is 0 Å². The van der Waals surface area contributed by atoms with Crippen LogP contribution in [0.1, 0.15) is 23.1 Å². The average molecular weight is 497 g/mol. The average Bonchev–Trinajstić information content (AvgIpc) is 3.33. The number of rotatable bonds is 11. The first-order valence-electron chi connectivity index (χ1n) is 11.8. The number of oxime groups is 1. The Morgan fingerprint density at radius 2 is 1.89 bits per heavy atom. The number of halogens is 2. The molecule has 1 N–H and O–H groups in total. The fourth-order valence-corrected chi connectivity index (χ4v) is 4.12. The van der Waals surface area contributed by atoms with Gasteiger partial charge in [0.15, 0.2) is 0 Å². The van der Waals surface area contributed by atoms with E-state index in [1.54, 1.807) is 7.11 Å². The maximum atomic E-state index is 14.4. The molecule has 1 aliphatic rings. The largest absolute Gasteiger partial charge is 0.497 e. The Morgan fingerprint density at radius 1 is 1.11 bits per heavy atom. The fourth-order valence-electron chi connectivity index (χ4n) is 4.12. The van der Waals surface area contributed by atoms with E-state index in [2.05, 4.69) is 5.16 Å². The molecule has 6 nitrogen and oxygen atoms in total. The van der Waals surface area contributed by atoms with Gasteiger partial charge in [0.25, 0.3) is 0 Å². The number of methoxy groups -OCH3 is 1. The number of aryl methyl sites for hydroxylation is 1. The maximum Gasteiger partial charge on any atom is 0.145 e. The van der Waals surface area contributed by atoms with Crippen molar-refractivity contribution in [2.45, 2.75) is 32.1 Å². The predicted octanol–water partition coefficient (Wildman–Crippen LogP) is 4.72. The highest BCUT2D eigenvalue weighted by Gasteiger charge is 2.26. The van der Waals surface area contributed by atoms with Crippen LogP contribution in [0.3, 0.4) is 0 Å². The Morgan fingerprint density at radius 3 is 2.61 bits per heavy atom. The van der Waals surface area contributed by atoms with Crippen molar-refractivity contribution in [3.05, 3.63) is 95.1 Å². The third-order valence-electron chi connectivity index (χ3n) is 6.02. The van der Waals surface area contributed by atoms with Crippen LogP contribution in [0, 0.1) is 18.6 Å². The molecule has 1 heterocycles. The molecule has 1 aliphatic heterocycles. The molecule has 4 rings (SSSR count). The summed E-state index contributed by atoms with van der Waals surface area (Å²) in [7, 11) is 1.61. The van der Waals surface area contributed by atoms with Crippen molar-refractivity contribution < 1.29 is 28.2 Å². The molecule has 0 unspecified atom stereocenters. The minimum absolute atomic E-state index is 0.0758. The molecule has 0 saturated heterocycles. The Balaban J connectivity index is 1.40. The third kappa shape index (κ3) is 6.80. The smallest absolute Gasteiger partial charge is 0.145 e. The Labute approximate surface area is 209 Å². The van der Waals surface area contributed by atoms with E-state index in [-0.39, 0.29) is 25.8 Å². The van der Waals surface area contributed by atoms with E-state index >= 15 is 0 Å². The molecule has 0 bridgehead atoms. The lowest BCUT2D eigenvalue weighted by molar-refractivity contribution is 0.0209. The first kappa shape index (κ1) is 25.6. The lowest BCUT2D eigenvalue weighted by atomic mass is 10.0. The van der Waals surface area contributed by atoms with Gasteiger partial charge in [-0.1, -0.05) is 29.4 Å². The van der Waals surface area contributed by atoms with Crippen molar-refractivity contribution in [2.24, 2.45) is 5.16 Å². The van der Waals surface area contributed by atoms with E-state index < -0.39 is 17.7 Å². The zero-order valence-corrected chi connectivity index (χ0v) is 20.4. The second kappa shape index (κ2) is 12.0. The van der Waals surface area contributed by atoms with E-state index in [0.717, 1.165) is 28.7 Å². The molecular weight excluding hydrogens is 466 g/mol. The van der Waals surface area contributed by atoms with Crippen molar-refractivity contribution in [1.82, 2.24) is 4.90 Å². The van der Waals surface area contributed by atoms with Gasteiger partial charge in [-0.15, -0.1) is 0 Å². The van der Waals surface area contributed by atoms with Gasteiger partial charge < -0.3 is 19.4 Å². The van der Waals surface area contributed by atoms with Gasteiger partial charge >= 0.3 is 0 Å². The SMILES string of the molecule is COc1ccc(C2=NO[C@H](CN(Cc3ccc(F)cc3F)C[C@H](O)COc3ccccc3C)C2)cc1. The molecule has 0 fully saturated rings. The van der Waals surface area contributed by atoms with Gasteiger partial charge in [-0.2, -0.15) is 0 Å². The highest BCUT2D eigenvalue weighted by molar-refractivity contribution is 6.01. The second-order valence-corrected chi connectivity index (χ2v) is 8.86. The first-order chi connectivity index (χ1) is 17.4. The zero-order valence-electron chi connectivity index (χ0n) is 20.4. The van der Waals surface area contributed by atoms with Gasteiger partial charge in [0, 0.05) is 37.7 Å². The summed E-state index contributed by atoms with van der Waals surface area (Å²) < 4.78 is 38.8. The van der Waals surface area contributed by atoms with E-state index in [0.29, 0.717) is 24.3 Å². The number of ether oxygens (including phenoxy) is 2.